The van der Waals surface area contributed by atoms with Gasteiger partial charge in [0.15, 0.2) is 5.76 Å². The van der Waals surface area contributed by atoms with Gasteiger partial charge in [0.2, 0.25) is 6.08 Å². The van der Waals surface area contributed by atoms with Gasteiger partial charge in [-0.05, 0) is 12.5 Å². The van der Waals surface area contributed by atoms with Crippen molar-refractivity contribution in [3.63, 3.8) is 0 Å². The molecule has 4 heteroatoms. The number of hydrogen-bond donors (Lipinski definition) is 0. The van der Waals surface area contributed by atoms with Crippen molar-refractivity contribution >= 4 is 11.8 Å². The van der Waals surface area contributed by atoms with Gasteiger partial charge < -0.3 is 4.52 Å². The van der Waals surface area contributed by atoms with Gasteiger partial charge in [0, 0.05) is 6.42 Å². The summed E-state index contributed by atoms with van der Waals surface area (Å²) in [5.74, 6) is 0.576. The molecule has 1 aromatic heterocycles. The van der Waals surface area contributed by atoms with Crippen molar-refractivity contribution in [3.8, 4) is 0 Å². The molecule has 0 saturated heterocycles. The third-order valence-corrected chi connectivity index (χ3v) is 2.27. The van der Waals surface area contributed by atoms with E-state index in [2.05, 4.69) is 10.1 Å². The fourth-order valence-corrected chi connectivity index (χ4v) is 1.41. The topological polar surface area (TPSA) is 55.5 Å². The van der Waals surface area contributed by atoms with E-state index in [4.69, 9.17) is 4.52 Å². The van der Waals surface area contributed by atoms with Crippen LogP contribution in [-0.4, -0.2) is 11.2 Å². The number of benzene rings is 1. The zero-order chi connectivity index (χ0) is 11.4. The highest BCUT2D eigenvalue weighted by atomic mass is 16.5. The number of aliphatic imine (C=N–C) groups is 1. The van der Waals surface area contributed by atoms with Crippen molar-refractivity contribution in [2.24, 2.45) is 4.99 Å². The Morgan fingerprint density at radius 1 is 1.38 bits per heavy atom. The van der Waals surface area contributed by atoms with E-state index >= 15 is 0 Å². The van der Waals surface area contributed by atoms with Crippen LogP contribution in [0.4, 0.5) is 5.69 Å². The first kappa shape index (κ1) is 10.3. The molecule has 2 rings (SSSR count). The summed E-state index contributed by atoms with van der Waals surface area (Å²) in [6, 6.07) is 8.06. The van der Waals surface area contributed by atoms with Crippen LogP contribution in [0.15, 0.2) is 40.0 Å². The Balaban J connectivity index is 2.23. The predicted molar refractivity (Wildman–Crippen MR) is 58.3 cm³/mol. The average Bonchev–Trinajstić information content (AvgIpc) is 2.70. The molecule has 2 aromatic rings. The van der Waals surface area contributed by atoms with Gasteiger partial charge in [-0.15, -0.1) is 0 Å². The second kappa shape index (κ2) is 4.55. The first-order valence-electron chi connectivity index (χ1n) is 4.86. The maximum atomic E-state index is 10.2. The van der Waals surface area contributed by atoms with Crippen molar-refractivity contribution in [1.82, 2.24) is 5.16 Å². The molecule has 4 nitrogen and oxygen atoms in total. The fourth-order valence-electron chi connectivity index (χ4n) is 1.41. The molecular formula is C12H10N2O2. The van der Waals surface area contributed by atoms with Crippen LogP contribution in [-0.2, 0) is 11.2 Å². The molecule has 0 unspecified atom stereocenters. The minimum absolute atomic E-state index is 0.440. The quantitative estimate of drug-likeness (QED) is 0.582. The minimum atomic E-state index is 0.440. The molecule has 0 radical (unpaired) electrons. The molecular weight excluding hydrogens is 204 g/mol. The summed E-state index contributed by atoms with van der Waals surface area (Å²) in [6.07, 6.45) is 3.46. The lowest BCUT2D eigenvalue weighted by molar-refractivity contribution is 0.390. The molecule has 1 heterocycles. The van der Waals surface area contributed by atoms with Crippen LogP contribution in [0.5, 0.6) is 0 Å². The Morgan fingerprint density at radius 2 is 2.12 bits per heavy atom. The monoisotopic (exact) mass is 214 g/mol. The van der Waals surface area contributed by atoms with Crippen molar-refractivity contribution in [3.05, 3.63) is 47.3 Å². The summed E-state index contributed by atoms with van der Waals surface area (Å²) in [5, 5.41) is 3.61. The molecule has 0 aliphatic carbocycles. The molecule has 0 spiro atoms. The van der Waals surface area contributed by atoms with Crippen LogP contribution >= 0.6 is 0 Å². The Labute approximate surface area is 92.6 Å². The van der Waals surface area contributed by atoms with Crippen molar-refractivity contribution < 1.29 is 9.32 Å². The lowest BCUT2D eigenvalue weighted by Gasteiger charge is -1.98. The molecule has 16 heavy (non-hydrogen) atoms. The Morgan fingerprint density at radius 3 is 2.81 bits per heavy atom. The summed E-state index contributed by atoms with van der Waals surface area (Å²) in [6.45, 7) is 2.03. The van der Waals surface area contributed by atoms with Gasteiger partial charge in [-0.3, -0.25) is 0 Å². The van der Waals surface area contributed by atoms with Gasteiger partial charge in [-0.2, -0.15) is 4.99 Å². The fraction of sp³-hybridized carbons (Fsp3) is 0.167. The highest BCUT2D eigenvalue weighted by Crippen LogP contribution is 2.21. The summed E-state index contributed by atoms with van der Waals surface area (Å²) in [5.41, 5.74) is 2.73. The third-order valence-electron chi connectivity index (χ3n) is 2.27. The van der Waals surface area contributed by atoms with Crippen molar-refractivity contribution in [2.45, 2.75) is 13.3 Å². The lowest BCUT2D eigenvalue weighted by atomic mass is 10.1. The standard InChI is InChI=1S/C12H10N2O2/c1-9-2-4-10(5-3-9)6-12-11(13-8-15)7-14-16-12/h2-5,7H,6H2,1H3. The van der Waals surface area contributed by atoms with E-state index in [9.17, 15) is 4.79 Å². The predicted octanol–water partition coefficient (Wildman–Crippen LogP) is 2.54. The molecule has 0 fully saturated rings. The van der Waals surface area contributed by atoms with E-state index in [1.165, 1.54) is 17.8 Å². The lowest BCUT2D eigenvalue weighted by Crippen LogP contribution is -1.86. The number of rotatable bonds is 3. The van der Waals surface area contributed by atoms with Crippen LogP contribution in [0.3, 0.4) is 0 Å². The Kier molecular flexibility index (Phi) is 2.94. The number of aromatic nitrogens is 1. The molecule has 0 N–H and O–H groups in total. The molecule has 0 aliphatic rings. The maximum absolute atomic E-state index is 10.2. The molecule has 0 aliphatic heterocycles. The summed E-state index contributed by atoms with van der Waals surface area (Å²) < 4.78 is 5.03. The van der Waals surface area contributed by atoms with Gasteiger partial charge in [-0.1, -0.05) is 35.0 Å². The van der Waals surface area contributed by atoms with E-state index in [1.807, 2.05) is 31.2 Å². The highest BCUT2D eigenvalue weighted by Gasteiger charge is 2.07. The van der Waals surface area contributed by atoms with Gasteiger partial charge in [-0.25, -0.2) is 4.79 Å². The van der Waals surface area contributed by atoms with Crippen LogP contribution in [0.2, 0.25) is 0 Å². The van der Waals surface area contributed by atoms with Gasteiger partial charge in [0.1, 0.15) is 5.69 Å². The molecule has 0 bridgehead atoms. The van der Waals surface area contributed by atoms with Gasteiger partial charge in [0.05, 0.1) is 6.20 Å². The molecule has 80 valence electrons. The zero-order valence-corrected chi connectivity index (χ0v) is 8.80. The first-order chi connectivity index (χ1) is 7.79. The maximum Gasteiger partial charge on any atom is 0.240 e. The third kappa shape index (κ3) is 2.24. The molecule has 0 saturated carbocycles. The van der Waals surface area contributed by atoms with E-state index in [1.54, 1.807) is 0 Å². The van der Waals surface area contributed by atoms with Crippen LogP contribution in [0.25, 0.3) is 0 Å². The number of aryl methyl sites for hydroxylation is 1. The largest absolute Gasteiger partial charge is 0.359 e. The molecule has 1 aromatic carbocycles. The Bertz CT molecular complexity index is 522. The summed E-state index contributed by atoms with van der Waals surface area (Å²) in [4.78, 5) is 13.7. The van der Waals surface area contributed by atoms with Crippen molar-refractivity contribution in [2.75, 3.05) is 0 Å². The highest BCUT2D eigenvalue weighted by molar-refractivity contribution is 5.50. The van der Waals surface area contributed by atoms with E-state index < -0.39 is 0 Å². The van der Waals surface area contributed by atoms with Gasteiger partial charge in [0.25, 0.3) is 0 Å². The van der Waals surface area contributed by atoms with Gasteiger partial charge >= 0.3 is 0 Å². The minimum Gasteiger partial charge on any atom is -0.359 e. The summed E-state index contributed by atoms with van der Waals surface area (Å²) in [7, 11) is 0. The SMILES string of the molecule is Cc1ccc(Cc2oncc2N=C=O)cc1. The van der Waals surface area contributed by atoms with Crippen LogP contribution in [0, 0.1) is 6.92 Å². The molecule has 0 amide bonds. The average molecular weight is 214 g/mol. The zero-order valence-electron chi connectivity index (χ0n) is 8.80. The number of isocyanates is 1. The van der Waals surface area contributed by atoms with E-state index in [0.29, 0.717) is 17.9 Å². The van der Waals surface area contributed by atoms with Crippen molar-refractivity contribution in [1.29, 1.82) is 0 Å². The normalized spacial score (nSPS) is 9.81. The number of nitrogens with zero attached hydrogens (tertiary/aromatic N) is 2. The van der Waals surface area contributed by atoms with E-state index in [0.717, 1.165) is 5.56 Å². The smallest absolute Gasteiger partial charge is 0.240 e. The van der Waals surface area contributed by atoms with Crippen LogP contribution < -0.4 is 0 Å². The van der Waals surface area contributed by atoms with Crippen LogP contribution in [0.1, 0.15) is 16.9 Å². The molecule has 0 atom stereocenters. The first-order valence-corrected chi connectivity index (χ1v) is 4.86. The second-order valence-corrected chi connectivity index (χ2v) is 3.50. The number of hydrogen-bond acceptors (Lipinski definition) is 4. The summed E-state index contributed by atoms with van der Waals surface area (Å²) >= 11 is 0. The second-order valence-electron chi connectivity index (χ2n) is 3.50. The van der Waals surface area contributed by atoms with E-state index in [-0.39, 0.29) is 0 Å². The Hall–Kier alpha value is -2.19. The number of carbonyl (C=O) groups excluding carboxylic acids is 1.